The molecular weight excluding hydrogens is 138 g/mol. The number of hydrogen-bond donors (Lipinski definition) is 2. The highest BCUT2D eigenvalue weighted by atomic mass is 15.2. The molecule has 0 bridgehead atoms. The lowest BCUT2D eigenvalue weighted by Gasteiger charge is -2.20. The Bertz CT molecular complexity index is 263. The maximum atomic E-state index is 5.72. The molecule has 1 unspecified atom stereocenters. The fourth-order valence-corrected chi connectivity index (χ4v) is 1.38. The average Bonchev–Trinajstić information content (AvgIpc) is 2.30. The van der Waals surface area contributed by atoms with E-state index in [1.165, 1.54) is 5.70 Å². The first-order valence-electron chi connectivity index (χ1n) is 3.63. The van der Waals surface area contributed by atoms with Gasteiger partial charge in [0.05, 0.1) is 6.04 Å². The minimum Gasteiger partial charge on any atom is -0.385 e. The van der Waals surface area contributed by atoms with Crippen LogP contribution in [0.3, 0.4) is 0 Å². The van der Waals surface area contributed by atoms with Crippen LogP contribution in [-0.4, -0.2) is 18.0 Å². The van der Waals surface area contributed by atoms with Crippen molar-refractivity contribution in [1.29, 1.82) is 0 Å². The quantitative estimate of drug-likeness (QED) is 0.513. The summed E-state index contributed by atoms with van der Waals surface area (Å²) < 4.78 is 0. The van der Waals surface area contributed by atoms with E-state index in [4.69, 9.17) is 5.73 Å². The SMILES string of the molecule is CN1C(N)=CC2NC=CC=C21. The van der Waals surface area contributed by atoms with E-state index in [0.29, 0.717) is 0 Å². The maximum Gasteiger partial charge on any atom is 0.101 e. The van der Waals surface area contributed by atoms with Crippen LogP contribution in [0.1, 0.15) is 0 Å². The summed E-state index contributed by atoms with van der Waals surface area (Å²) in [5.41, 5.74) is 6.93. The molecule has 0 saturated carbocycles. The Morgan fingerprint density at radius 2 is 2.45 bits per heavy atom. The lowest BCUT2D eigenvalue weighted by atomic mass is 10.2. The van der Waals surface area contributed by atoms with Crippen molar-refractivity contribution in [2.45, 2.75) is 6.04 Å². The van der Waals surface area contributed by atoms with Gasteiger partial charge in [-0.05, 0) is 24.4 Å². The van der Waals surface area contributed by atoms with Crippen molar-refractivity contribution < 1.29 is 0 Å². The normalized spacial score (nSPS) is 27.4. The Labute approximate surface area is 65.9 Å². The molecule has 3 heteroatoms. The van der Waals surface area contributed by atoms with Crippen molar-refractivity contribution in [3.05, 3.63) is 35.9 Å². The minimum atomic E-state index is 0.282. The monoisotopic (exact) mass is 149 g/mol. The first-order chi connectivity index (χ1) is 5.29. The van der Waals surface area contributed by atoms with E-state index < -0.39 is 0 Å². The number of nitrogens with zero attached hydrogens (tertiary/aromatic N) is 1. The molecule has 0 saturated heterocycles. The number of fused-ring (bicyclic) bond motifs is 1. The minimum absolute atomic E-state index is 0.282. The zero-order valence-electron chi connectivity index (χ0n) is 6.41. The van der Waals surface area contributed by atoms with Gasteiger partial charge in [0.25, 0.3) is 0 Å². The molecule has 2 rings (SSSR count). The van der Waals surface area contributed by atoms with Gasteiger partial charge in [0.2, 0.25) is 0 Å². The maximum absolute atomic E-state index is 5.72. The Morgan fingerprint density at radius 3 is 3.18 bits per heavy atom. The van der Waals surface area contributed by atoms with E-state index in [1.807, 2.05) is 30.3 Å². The summed E-state index contributed by atoms with van der Waals surface area (Å²) in [7, 11) is 1.97. The fraction of sp³-hybridized carbons (Fsp3) is 0.250. The number of hydrogen-bond acceptors (Lipinski definition) is 3. The summed E-state index contributed by atoms with van der Waals surface area (Å²) in [6.07, 6.45) is 7.98. The highest BCUT2D eigenvalue weighted by molar-refractivity contribution is 5.35. The molecule has 0 aliphatic carbocycles. The summed E-state index contributed by atoms with van der Waals surface area (Å²) in [5.74, 6) is 0.817. The van der Waals surface area contributed by atoms with Gasteiger partial charge >= 0.3 is 0 Å². The average molecular weight is 149 g/mol. The molecule has 58 valence electrons. The number of nitrogens with one attached hydrogen (secondary N) is 1. The van der Waals surface area contributed by atoms with Gasteiger partial charge in [-0.1, -0.05) is 0 Å². The zero-order chi connectivity index (χ0) is 7.84. The highest BCUT2D eigenvalue weighted by Gasteiger charge is 2.24. The third-order valence-electron chi connectivity index (χ3n) is 2.07. The molecule has 1 atom stereocenters. The van der Waals surface area contributed by atoms with E-state index >= 15 is 0 Å². The Morgan fingerprint density at radius 1 is 1.64 bits per heavy atom. The standard InChI is InChI=1S/C8H11N3/c1-11-7-3-2-4-10-6(7)5-8(11)9/h2-6,10H,9H2,1H3. The molecule has 11 heavy (non-hydrogen) atoms. The van der Waals surface area contributed by atoms with Crippen molar-refractivity contribution in [1.82, 2.24) is 10.2 Å². The van der Waals surface area contributed by atoms with Crippen molar-refractivity contribution in [3.8, 4) is 0 Å². The van der Waals surface area contributed by atoms with Crippen LogP contribution in [0.25, 0.3) is 0 Å². The van der Waals surface area contributed by atoms with E-state index in [9.17, 15) is 0 Å². The Hall–Kier alpha value is -1.38. The first kappa shape index (κ1) is 6.34. The second-order valence-electron chi connectivity index (χ2n) is 2.75. The summed E-state index contributed by atoms with van der Waals surface area (Å²) >= 11 is 0. The van der Waals surface area contributed by atoms with Crippen LogP contribution >= 0.6 is 0 Å². The molecule has 0 amide bonds. The van der Waals surface area contributed by atoms with Gasteiger partial charge in [0.15, 0.2) is 0 Å². The van der Waals surface area contributed by atoms with Crippen LogP contribution in [-0.2, 0) is 0 Å². The van der Waals surface area contributed by atoms with Gasteiger partial charge in [-0.3, -0.25) is 0 Å². The van der Waals surface area contributed by atoms with Crippen LogP contribution in [0.4, 0.5) is 0 Å². The summed E-state index contributed by atoms with van der Waals surface area (Å²) in [6.45, 7) is 0. The van der Waals surface area contributed by atoms with Crippen LogP contribution in [0.15, 0.2) is 35.9 Å². The highest BCUT2D eigenvalue weighted by Crippen LogP contribution is 2.22. The molecule has 0 fully saturated rings. The van der Waals surface area contributed by atoms with Crippen LogP contribution in [0, 0.1) is 0 Å². The molecule has 2 aliphatic heterocycles. The molecule has 3 nitrogen and oxygen atoms in total. The van der Waals surface area contributed by atoms with Gasteiger partial charge in [-0.25, -0.2) is 0 Å². The van der Waals surface area contributed by atoms with Crippen LogP contribution in [0.2, 0.25) is 0 Å². The summed E-state index contributed by atoms with van der Waals surface area (Å²) in [5, 5.41) is 3.19. The largest absolute Gasteiger partial charge is 0.385 e. The van der Waals surface area contributed by atoms with Gasteiger partial charge in [-0.2, -0.15) is 0 Å². The molecule has 0 aromatic rings. The molecule has 0 spiro atoms. The first-order valence-corrected chi connectivity index (χ1v) is 3.63. The lowest BCUT2D eigenvalue weighted by molar-refractivity contribution is 0.509. The molecule has 0 radical (unpaired) electrons. The predicted octanol–water partition coefficient (Wildman–Crippen LogP) is 0.101. The van der Waals surface area contributed by atoms with Gasteiger partial charge < -0.3 is 16.0 Å². The van der Waals surface area contributed by atoms with Crippen LogP contribution in [0.5, 0.6) is 0 Å². The van der Waals surface area contributed by atoms with Crippen molar-refractivity contribution in [2.24, 2.45) is 5.73 Å². The Balaban J connectivity index is 2.34. The van der Waals surface area contributed by atoms with Crippen LogP contribution < -0.4 is 11.1 Å². The summed E-state index contributed by atoms with van der Waals surface area (Å²) in [4.78, 5) is 1.99. The second-order valence-corrected chi connectivity index (χ2v) is 2.75. The molecule has 3 N–H and O–H groups in total. The van der Waals surface area contributed by atoms with Gasteiger partial charge in [-0.15, -0.1) is 0 Å². The predicted molar refractivity (Wildman–Crippen MR) is 44.2 cm³/mol. The number of likely N-dealkylation sites (N-methyl/N-ethyl adjacent to an activating group) is 1. The molecule has 0 aromatic heterocycles. The number of allylic oxidation sites excluding steroid dienone is 2. The number of dihydropyridines is 1. The van der Waals surface area contributed by atoms with E-state index in [0.717, 1.165) is 5.82 Å². The van der Waals surface area contributed by atoms with Gasteiger partial charge in [0.1, 0.15) is 5.82 Å². The molecule has 0 aromatic carbocycles. The molecule has 2 aliphatic rings. The van der Waals surface area contributed by atoms with Crippen molar-refractivity contribution in [3.63, 3.8) is 0 Å². The topological polar surface area (TPSA) is 41.3 Å². The van der Waals surface area contributed by atoms with Crippen molar-refractivity contribution >= 4 is 0 Å². The molecular formula is C8H11N3. The second kappa shape index (κ2) is 2.05. The van der Waals surface area contributed by atoms with E-state index in [1.54, 1.807) is 0 Å². The lowest BCUT2D eigenvalue weighted by Crippen LogP contribution is -2.28. The zero-order valence-corrected chi connectivity index (χ0v) is 6.41. The number of rotatable bonds is 0. The fourth-order valence-electron chi connectivity index (χ4n) is 1.38. The van der Waals surface area contributed by atoms with Gasteiger partial charge in [0, 0.05) is 12.7 Å². The third kappa shape index (κ3) is 0.808. The number of nitrogens with two attached hydrogens (primary N) is 1. The Kier molecular flexibility index (Phi) is 1.18. The van der Waals surface area contributed by atoms with Crippen molar-refractivity contribution in [2.75, 3.05) is 7.05 Å². The smallest absolute Gasteiger partial charge is 0.101 e. The third-order valence-corrected chi connectivity index (χ3v) is 2.07. The molecule has 2 heterocycles. The van der Waals surface area contributed by atoms with E-state index in [-0.39, 0.29) is 6.04 Å². The van der Waals surface area contributed by atoms with E-state index in [2.05, 4.69) is 11.4 Å². The summed E-state index contributed by atoms with van der Waals surface area (Å²) in [6, 6.07) is 0.282.